The molecule has 0 heterocycles. The second-order valence-corrected chi connectivity index (χ2v) is 10.2. The first kappa shape index (κ1) is 26.0. The predicted octanol–water partition coefficient (Wildman–Crippen LogP) is 4.84. The summed E-state index contributed by atoms with van der Waals surface area (Å²) in [5.41, 5.74) is 4.63. The molecule has 0 fully saturated rings. The minimum absolute atomic E-state index is 0.0524. The molecule has 1 N–H and O–H groups in total. The Bertz CT molecular complexity index is 1300. The molecule has 0 aliphatic rings. The maximum atomic E-state index is 12.9. The van der Waals surface area contributed by atoms with E-state index in [1.54, 1.807) is 55.6 Å². The molecule has 35 heavy (non-hydrogen) atoms. The first-order valence-corrected chi connectivity index (χ1v) is 12.6. The zero-order chi connectivity index (χ0) is 25.5. The number of carbonyl (C=O) groups excluding carboxylic acids is 1. The summed E-state index contributed by atoms with van der Waals surface area (Å²) in [7, 11) is -2.49. The molecule has 3 aromatic rings. The van der Waals surface area contributed by atoms with Crippen LogP contribution in [-0.2, 0) is 26.7 Å². The average Bonchev–Trinajstić information content (AvgIpc) is 2.85. The van der Waals surface area contributed by atoms with E-state index in [0.717, 1.165) is 17.5 Å². The maximum Gasteiger partial charge on any atom is 0.339 e. The van der Waals surface area contributed by atoms with Crippen molar-refractivity contribution in [1.82, 2.24) is 5.43 Å². The second-order valence-electron chi connectivity index (χ2n) is 8.66. The van der Waals surface area contributed by atoms with Crippen LogP contribution < -0.4 is 14.3 Å². The van der Waals surface area contributed by atoms with Crippen LogP contribution in [0.5, 0.6) is 11.5 Å². The first-order valence-electron chi connectivity index (χ1n) is 11.2. The Balaban J connectivity index is 1.69. The average molecular weight is 495 g/mol. The van der Waals surface area contributed by atoms with Gasteiger partial charge in [0.15, 0.2) is 5.75 Å². The third-order valence-electron chi connectivity index (χ3n) is 5.82. The van der Waals surface area contributed by atoms with Crippen molar-refractivity contribution in [3.8, 4) is 11.5 Å². The number of carbonyl (C=O) groups is 1. The van der Waals surface area contributed by atoms with E-state index in [1.165, 1.54) is 12.3 Å². The monoisotopic (exact) mass is 494 g/mol. The van der Waals surface area contributed by atoms with Gasteiger partial charge in [-0.05, 0) is 59.4 Å². The fraction of sp³-hybridized carbons (Fsp3) is 0.259. The van der Waals surface area contributed by atoms with Crippen molar-refractivity contribution in [2.75, 3.05) is 7.11 Å². The van der Waals surface area contributed by atoms with Crippen molar-refractivity contribution in [2.45, 2.75) is 43.9 Å². The van der Waals surface area contributed by atoms with Crippen molar-refractivity contribution < 1.29 is 22.1 Å². The Morgan fingerprint density at radius 3 is 2.43 bits per heavy atom. The Labute approximate surface area is 206 Å². The highest BCUT2D eigenvalue weighted by atomic mass is 32.2. The van der Waals surface area contributed by atoms with E-state index in [9.17, 15) is 13.2 Å². The van der Waals surface area contributed by atoms with Crippen LogP contribution in [0.3, 0.4) is 0 Å². The lowest BCUT2D eigenvalue weighted by Crippen LogP contribution is -2.20. The molecule has 0 aliphatic carbocycles. The molecule has 8 heteroatoms. The fourth-order valence-corrected chi connectivity index (χ4v) is 4.24. The second kappa shape index (κ2) is 11.2. The lowest BCUT2D eigenvalue weighted by atomic mass is 9.82. The zero-order valence-corrected chi connectivity index (χ0v) is 21.1. The molecule has 0 radical (unpaired) electrons. The van der Waals surface area contributed by atoms with Crippen LogP contribution in [0.25, 0.3) is 0 Å². The number of hydrazone groups is 1. The van der Waals surface area contributed by atoms with Crippen molar-refractivity contribution in [3.05, 3.63) is 89.5 Å². The number of para-hydroxylation sites is 1. The van der Waals surface area contributed by atoms with E-state index in [-0.39, 0.29) is 28.4 Å². The first-order chi connectivity index (χ1) is 16.6. The van der Waals surface area contributed by atoms with Crippen molar-refractivity contribution >= 4 is 22.2 Å². The molecule has 0 atom stereocenters. The molecule has 0 spiro atoms. The van der Waals surface area contributed by atoms with E-state index in [1.807, 2.05) is 18.2 Å². The van der Waals surface area contributed by atoms with E-state index >= 15 is 0 Å². The summed E-state index contributed by atoms with van der Waals surface area (Å²) in [4.78, 5) is 12.3. The minimum Gasteiger partial charge on any atom is -0.497 e. The summed E-state index contributed by atoms with van der Waals surface area (Å²) in [6.45, 7) is 6.31. The highest BCUT2D eigenvalue weighted by molar-refractivity contribution is 7.87. The van der Waals surface area contributed by atoms with Gasteiger partial charge in [-0.15, -0.1) is 0 Å². The Morgan fingerprint density at radius 2 is 1.74 bits per heavy atom. The van der Waals surface area contributed by atoms with Crippen LogP contribution >= 0.6 is 0 Å². The summed E-state index contributed by atoms with van der Waals surface area (Å²) < 4.78 is 36.3. The molecule has 7 nitrogen and oxygen atoms in total. The lowest BCUT2D eigenvalue weighted by molar-refractivity contribution is -0.120. The molecule has 184 valence electrons. The summed E-state index contributed by atoms with van der Waals surface area (Å²) in [6.07, 6.45) is 2.39. The highest BCUT2D eigenvalue weighted by Gasteiger charge is 2.22. The molecular weight excluding hydrogens is 464 g/mol. The van der Waals surface area contributed by atoms with Crippen LogP contribution in [-0.4, -0.2) is 27.6 Å². The Hall–Kier alpha value is -3.65. The molecule has 0 aromatic heterocycles. The molecule has 0 aliphatic heterocycles. The Morgan fingerprint density at radius 1 is 1.03 bits per heavy atom. The molecule has 1 amide bonds. The van der Waals surface area contributed by atoms with Gasteiger partial charge in [-0.3, -0.25) is 4.79 Å². The zero-order valence-electron chi connectivity index (χ0n) is 20.3. The standard InChI is InChI=1S/C27H30N2O5S/c1-5-27(2,3)22-13-15-24(16-14-22)35(31,32)34-25-12-7-6-10-21(25)19-28-29-26(30)18-20-9-8-11-23(17-20)33-4/h6-17,19H,5,18H2,1-4H3,(H,29,30)/b28-19+. The van der Waals surface area contributed by atoms with Gasteiger partial charge in [0.05, 0.1) is 19.7 Å². The summed E-state index contributed by atoms with van der Waals surface area (Å²) >= 11 is 0. The van der Waals surface area contributed by atoms with Crippen LogP contribution in [0.4, 0.5) is 0 Å². The number of ether oxygens (including phenoxy) is 1. The van der Waals surface area contributed by atoms with Gasteiger partial charge in [0, 0.05) is 5.56 Å². The van der Waals surface area contributed by atoms with E-state index in [4.69, 9.17) is 8.92 Å². The van der Waals surface area contributed by atoms with Crippen molar-refractivity contribution in [1.29, 1.82) is 0 Å². The summed E-state index contributed by atoms with van der Waals surface area (Å²) in [5, 5.41) is 3.96. The number of hydrogen-bond donors (Lipinski definition) is 1. The molecular formula is C27H30N2O5S. The predicted molar refractivity (Wildman–Crippen MR) is 136 cm³/mol. The van der Waals surface area contributed by atoms with Gasteiger partial charge in [-0.25, -0.2) is 5.43 Å². The fourth-order valence-electron chi connectivity index (χ4n) is 3.29. The molecule has 3 rings (SSSR count). The van der Waals surface area contributed by atoms with Gasteiger partial charge in [0.2, 0.25) is 5.91 Å². The van der Waals surface area contributed by atoms with Crippen molar-refractivity contribution in [3.63, 3.8) is 0 Å². The number of amides is 1. The van der Waals surface area contributed by atoms with Crippen LogP contribution in [0.1, 0.15) is 43.9 Å². The summed E-state index contributed by atoms with van der Waals surface area (Å²) in [6, 6.07) is 20.5. The van der Waals surface area contributed by atoms with Gasteiger partial charge >= 0.3 is 10.1 Å². The van der Waals surface area contributed by atoms with Gasteiger partial charge < -0.3 is 8.92 Å². The van der Waals surface area contributed by atoms with E-state index in [2.05, 4.69) is 31.3 Å². The number of methoxy groups -OCH3 is 1. The van der Waals surface area contributed by atoms with Crippen LogP contribution in [0, 0.1) is 0 Å². The number of hydrogen-bond acceptors (Lipinski definition) is 6. The largest absolute Gasteiger partial charge is 0.497 e. The van der Waals surface area contributed by atoms with Gasteiger partial charge in [-0.1, -0.05) is 57.2 Å². The summed E-state index contributed by atoms with van der Waals surface area (Å²) in [5.74, 6) is 0.446. The molecule has 0 unspecified atom stereocenters. The van der Waals surface area contributed by atoms with Gasteiger partial charge in [-0.2, -0.15) is 13.5 Å². The Kier molecular flexibility index (Phi) is 8.30. The lowest BCUT2D eigenvalue weighted by Gasteiger charge is -2.23. The van der Waals surface area contributed by atoms with Gasteiger partial charge in [0.25, 0.3) is 0 Å². The molecule has 0 saturated heterocycles. The number of nitrogens with one attached hydrogen (secondary N) is 1. The highest BCUT2D eigenvalue weighted by Crippen LogP contribution is 2.28. The normalized spacial score (nSPS) is 11.9. The number of rotatable bonds is 10. The van der Waals surface area contributed by atoms with Crippen molar-refractivity contribution in [2.24, 2.45) is 5.10 Å². The topological polar surface area (TPSA) is 94.1 Å². The quantitative estimate of drug-likeness (QED) is 0.247. The third kappa shape index (κ3) is 6.93. The SMILES string of the molecule is CCC(C)(C)c1ccc(S(=O)(=O)Oc2ccccc2/C=N/NC(=O)Cc2cccc(OC)c2)cc1. The van der Waals surface area contributed by atoms with Crippen LogP contribution in [0.2, 0.25) is 0 Å². The maximum absolute atomic E-state index is 12.9. The molecule has 3 aromatic carbocycles. The van der Waals surface area contributed by atoms with Gasteiger partial charge in [0.1, 0.15) is 10.6 Å². The minimum atomic E-state index is -4.05. The van der Waals surface area contributed by atoms with E-state index in [0.29, 0.717) is 11.3 Å². The third-order valence-corrected chi connectivity index (χ3v) is 7.07. The number of benzene rings is 3. The molecule has 0 saturated carbocycles. The molecule has 0 bridgehead atoms. The number of nitrogens with zero attached hydrogens (tertiary/aromatic N) is 1. The van der Waals surface area contributed by atoms with Crippen LogP contribution in [0.15, 0.2) is 82.8 Å². The smallest absolute Gasteiger partial charge is 0.339 e. The van der Waals surface area contributed by atoms with E-state index < -0.39 is 10.1 Å².